The van der Waals surface area contributed by atoms with Gasteiger partial charge < -0.3 is 15.0 Å². The first-order valence-corrected chi connectivity index (χ1v) is 11.0. The molecular formula is C25H28N4O3. The smallest absolute Gasteiger partial charge is 0.225 e. The van der Waals surface area contributed by atoms with Gasteiger partial charge in [0.1, 0.15) is 5.82 Å². The van der Waals surface area contributed by atoms with Crippen molar-refractivity contribution < 1.29 is 14.3 Å². The Hall–Kier alpha value is -3.45. The summed E-state index contributed by atoms with van der Waals surface area (Å²) in [7, 11) is 0. The van der Waals surface area contributed by atoms with E-state index in [-0.39, 0.29) is 18.2 Å². The highest BCUT2D eigenvalue weighted by molar-refractivity contribution is 5.95. The maximum absolute atomic E-state index is 12.8. The molecule has 0 atom stereocenters. The number of para-hydroxylation sites is 1. The number of amides is 2. The summed E-state index contributed by atoms with van der Waals surface area (Å²) >= 11 is 0. The number of carbonyl (C=O) groups is 2. The van der Waals surface area contributed by atoms with Crippen LogP contribution in [0.1, 0.15) is 25.0 Å². The molecule has 0 unspecified atom stereocenters. The number of ether oxygens (including phenoxy) is 1. The van der Waals surface area contributed by atoms with Crippen LogP contribution in [-0.4, -0.2) is 52.8 Å². The quantitative estimate of drug-likeness (QED) is 0.616. The monoisotopic (exact) mass is 432 g/mol. The molecule has 1 aromatic heterocycles. The summed E-state index contributed by atoms with van der Waals surface area (Å²) in [5.41, 5.74) is 3.59. The summed E-state index contributed by atoms with van der Waals surface area (Å²) in [6.45, 7) is 4.36. The molecule has 0 radical (unpaired) electrons. The van der Waals surface area contributed by atoms with E-state index in [0.29, 0.717) is 45.0 Å². The molecule has 0 aliphatic carbocycles. The van der Waals surface area contributed by atoms with Gasteiger partial charge in [0, 0.05) is 31.5 Å². The van der Waals surface area contributed by atoms with Gasteiger partial charge in [0.25, 0.3) is 0 Å². The van der Waals surface area contributed by atoms with Gasteiger partial charge in [-0.15, -0.1) is 0 Å². The van der Waals surface area contributed by atoms with E-state index in [9.17, 15) is 9.59 Å². The average Bonchev–Trinajstić information content (AvgIpc) is 3.16. The number of hydrogen-bond acceptors (Lipinski definition) is 4. The molecule has 1 fully saturated rings. The second-order valence-electron chi connectivity index (χ2n) is 7.82. The molecule has 7 heteroatoms. The molecule has 0 bridgehead atoms. The summed E-state index contributed by atoms with van der Waals surface area (Å²) in [5.74, 6) is 0.592. The molecule has 1 saturated heterocycles. The number of hydrogen-bond donors (Lipinski definition) is 1. The zero-order valence-electron chi connectivity index (χ0n) is 18.3. The van der Waals surface area contributed by atoms with Crippen molar-refractivity contribution in [2.75, 3.05) is 31.6 Å². The van der Waals surface area contributed by atoms with E-state index in [2.05, 4.69) is 5.32 Å². The SMILES string of the molecule is Cc1nn(-c2ccccc2)c(NC(=O)CCCC(=O)N2CCOCC2)c1-c1ccccc1. The van der Waals surface area contributed by atoms with Crippen molar-refractivity contribution in [2.24, 2.45) is 0 Å². The van der Waals surface area contributed by atoms with Gasteiger partial charge in [-0.3, -0.25) is 9.59 Å². The molecule has 4 rings (SSSR count). The molecule has 0 saturated carbocycles. The number of morpholine rings is 1. The van der Waals surface area contributed by atoms with Crippen LogP contribution < -0.4 is 5.32 Å². The van der Waals surface area contributed by atoms with Crippen LogP contribution in [0.15, 0.2) is 60.7 Å². The van der Waals surface area contributed by atoms with E-state index in [0.717, 1.165) is 22.5 Å². The average molecular weight is 433 g/mol. The molecule has 2 amide bonds. The van der Waals surface area contributed by atoms with Crippen LogP contribution >= 0.6 is 0 Å². The van der Waals surface area contributed by atoms with Crippen molar-refractivity contribution >= 4 is 17.6 Å². The Labute approximate surface area is 188 Å². The lowest BCUT2D eigenvalue weighted by Crippen LogP contribution is -2.40. The number of nitrogens with one attached hydrogen (secondary N) is 1. The third-order valence-corrected chi connectivity index (χ3v) is 5.54. The lowest BCUT2D eigenvalue weighted by atomic mass is 10.1. The van der Waals surface area contributed by atoms with Crippen LogP contribution in [0.3, 0.4) is 0 Å². The van der Waals surface area contributed by atoms with Crippen molar-refractivity contribution in [3.63, 3.8) is 0 Å². The van der Waals surface area contributed by atoms with Gasteiger partial charge in [-0.1, -0.05) is 48.5 Å². The molecule has 7 nitrogen and oxygen atoms in total. The maximum atomic E-state index is 12.8. The molecule has 2 aromatic carbocycles. The zero-order chi connectivity index (χ0) is 22.3. The highest BCUT2D eigenvalue weighted by Gasteiger charge is 2.21. The topological polar surface area (TPSA) is 76.5 Å². The number of aromatic nitrogens is 2. The molecule has 1 aliphatic rings. The predicted octanol–water partition coefficient (Wildman–Crippen LogP) is 3.82. The van der Waals surface area contributed by atoms with Crippen molar-refractivity contribution in [3.8, 4) is 16.8 Å². The maximum Gasteiger partial charge on any atom is 0.225 e. The Balaban J connectivity index is 1.50. The van der Waals surface area contributed by atoms with Crippen LogP contribution in [0.4, 0.5) is 5.82 Å². The minimum atomic E-state index is -0.131. The van der Waals surface area contributed by atoms with Crippen LogP contribution in [0.25, 0.3) is 16.8 Å². The number of aryl methyl sites for hydroxylation is 1. The molecule has 166 valence electrons. The molecule has 1 aliphatic heterocycles. The standard InChI is InChI=1S/C25H28N4O3/c1-19-24(20-9-4-2-5-10-20)25(29(27-19)21-11-6-3-7-12-21)26-22(30)13-8-14-23(31)28-15-17-32-18-16-28/h2-7,9-12H,8,13-18H2,1H3,(H,26,30). The van der Waals surface area contributed by atoms with Crippen LogP contribution in [0, 0.1) is 6.92 Å². The van der Waals surface area contributed by atoms with Gasteiger partial charge >= 0.3 is 0 Å². The highest BCUT2D eigenvalue weighted by atomic mass is 16.5. The number of benzene rings is 2. The Bertz CT molecular complexity index is 1060. The van der Waals surface area contributed by atoms with E-state index >= 15 is 0 Å². The van der Waals surface area contributed by atoms with Gasteiger partial charge in [-0.25, -0.2) is 4.68 Å². The molecule has 32 heavy (non-hydrogen) atoms. The lowest BCUT2D eigenvalue weighted by molar-refractivity contribution is -0.135. The van der Waals surface area contributed by atoms with Crippen molar-refractivity contribution in [2.45, 2.75) is 26.2 Å². The van der Waals surface area contributed by atoms with Crippen LogP contribution in [0.5, 0.6) is 0 Å². The molecular weight excluding hydrogens is 404 g/mol. The molecule has 3 aromatic rings. The van der Waals surface area contributed by atoms with Gasteiger partial charge in [0.15, 0.2) is 0 Å². The summed E-state index contributed by atoms with van der Waals surface area (Å²) in [5, 5.41) is 7.78. The van der Waals surface area contributed by atoms with Gasteiger partial charge in [0.05, 0.1) is 24.6 Å². The number of rotatable bonds is 7. The number of nitrogens with zero attached hydrogens (tertiary/aromatic N) is 3. The fourth-order valence-corrected chi connectivity index (χ4v) is 3.91. The Morgan fingerprint density at radius 2 is 1.62 bits per heavy atom. The minimum Gasteiger partial charge on any atom is -0.378 e. The second kappa shape index (κ2) is 10.2. The van der Waals surface area contributed by atoms with Gasteiger partial charge in [-0.2, -0.15) is 5.10 Å². The molecule has 2 heterocycles. The largest absolute Gasteiger partial charge is 0.378 e. The predicted molar refractivity (Wildman–Crippen MR) is 124 cm³/mol. The summed E-state index contributed by atoms with van der Waals surface area (Å²) in [6.07, 6.45) is 1.13. The fourth-order valence-electron chi connectivity index (χ4n) is 3.91. The normalized spacial score (nSPS) is 13.7. The number of anilines is 1. The fraction of sp³-hybridized carbons (Fsp3) is 0.320. The van der Waals surface area contributed by atoms with Crippen LogP contribution in [-0.2, 0) is 14.3 Å². The summed E-state index contributed by atoms with van der Waals surface area (Å²) in [4.78, 5) is 27.0. The first kappa shape index (κ1) is 21.8. The van der Waals surface area contributed by atoms with Crippen LogP contribution in [0.2, 0.25) is 0 Å². The molecule has 0 spiro atoms. The van der Waals surface area contributed by atoms with E-state index < -0.39 is 0 Å². The summed E-state index contributed by atoms with van der Waals surface area (Å²) in [6, 6.07) is 19.7. The van der Waals surface area contributed by atoms with Crippen molar-refractivity contribution in [1.82, 2.24) is 14.7 Å². The Morgan fingerprint density at radius 3 is 2.31 bits per heavy atom. The minimum absolute atomic E-state index is 0.0799. The Kier molecular flexibility index (Phi) is 6.97. The van der Waals surface area contributed by atoms with E-state index in [1.807, 2.05) is 72.5 Å². The highest BCUT2D eigenvalue weighted by Crippen LogP contribution is 2.33. The second-order valence-corrected chi connectivity index (χ2v) is 7.82. The lowest BCUT2D eigenvalue weighted by Gasteiger charge is -2.26. The van der Waals surface area contributed by atoms with E-state index in [1.54, 1.807) is 4.68 Å². The third kappa shape index (κ3) is 5.06. The van der Waals surface area contributed by atoms with E-state index in [1.165, 1.54) is 0 Å². The van der Waals surface area contributed by atoms with Gasteiger partial charge in [-0.05, 0) is 31.0 Å². The first-order valence-electron chi connectivity index (χ1n) is 11.0. The molecule has 1 N–H and O–H groups in total. The zero-order valence-corrected chi connectivity index (χ0v) is 18.3. The Morgan fingerprint density at radius 1 is 0.969 bits per heavy atom. The van der Waals surface area contributed by atoms with Crippen molar-refractivity contribution in [1.29, 1.82) is 0 Å². The van der Waals surface area contributed by atoms with Gasteiger partial charge in [0.2, 0.25) is 11.8 Å². The third-order valence-electron chi connectivity index (χ3n) is 5.54. The number of carbonyl (C=O) groups excluding carboxylic acids is 2. The van der Waals surface area contributed by atoms with E-state index in [4.69, 9.17) is 9.84 Å². The first-order chi connectivity index (χ1) is 15.6. The van der Waals surface area contributed by atoms with Crippen molar-refractivity contribution in [3.05, 3.63) is 66.4 Å². The summed E-state index contributed by atoms with van der Waals surface area (Å²) < 4.78 is 7.06.